The number of aliphatic carboxylic acids is 1. The molecule has 0 heterocycles. The van der Waals surface area contributed by atoms with Crippen molar-refractivity contribution in [2.75, 3.05) is 7.05 Å². The molecular weight excluding hydrogens is 370 g/mol. The minimum absolute atomic E-state index is 0.0675. The molecule has 1 rings (SSSR count). The number of nitro benzene ring substituents is 1. The van der Waals surface area contributed by atoms with Crippen molar-refractivity contribution in [3.63, 3.8) is 0 Å². The first-order valence-corrected chi connectivity index (χ1v) is 8.54. The van der Waals surface area contributed by atoms with Gasteiger partial charge in [-0.25, -0.2) is 9.59 Å². The average Bonchev–Trinajstić information content (AvgIpc) is 2.58. The lowest BCUT2D eigenvalue weighted by atomic mass is 10.1. The maximum absolute atomic E-state index is 12.4. The highest BCUT2D eigenvalue weighted by Gasteiger charge is 2.29. The van der Waals surface area contributed by atoms with Gasteiger partial charge in [0.05, 0.1) is 4.92 Å². The normalized spacial score (nSPS) is 13.2. The summed E-state index contributed by atoms with van der Waals surface area (Å²) in [5.41, 5.74) is -0.347. The highest BCUT2D eigenvalue weighted by molar-refractivity contribution is 5.89. The zero-order valence-electron chi connectivity index (χ0n) is 16.5. The second-order valence-corrected chi connectivity index (χ2v) is 7.29. The molecule has 2 amide bonds. The number of nitrogens with one attached hydrogen (secondary N) is 1. The number of ether oxygens (including phenoxy) is 1. The fraction of sp³-hybridized carbons (Fsp3) is 0.500. The number of nitrogens with zero attached hydrogens (tertiary/aromatic N) is 2. The van der Waals surface area contributed by atoms with E-state index in [0.29, 0.717) is 5.56 Å². The van der Waals surface area contributed by atoms with Crippen molar-refractivity contribution in [3.05, 3.63) is 39.9 Å². The molecule has 0 radical (unpaired) electrons. The van der Waals surface area contributed by atoms with Crippen LogP contribution in [0.25, 0.3) is 0 Å². The SMILES string of the molecule is C[C@@H](C(=O)N[C@@H](Cc1ccc([N+](=O)[O-])cc1)C(=O)O)N(C)C(=O)OC(C)(C)C. The van der Waals surface area contributed by atoms with Crippen molar-refractivity contribution < 1.29 is 29.2 Å². The van der Waals surface area contributed by atoms with Crippen molar-refractivity contribution in [3.8, 4) is 0 Å². The summed E-state index contributed by atoms with van der Waals surface area (Å²) in [6.07, 6.45) is -0.778. The Morgan fingerprint density at radius 1 is 1.25 bits per heavy atom. The second-order valence-electron chi connectivity index (χ2n) is 7.29. The molecule has 0 aromatic heterocycles. The van der Waals surface area contributed by atoms with Gasteiger partial charge in [0.25, 0.3) is 5.69 Å². The topological polar surface area (TPSA) is 139 Å². The molecule has 1 aromatic carbocycles. The number of carbonyl (C=O) groups excluding carboxylic acids is 2. The van der Waals surface area contributed by atoms with Crippen LogP contribution in [0.4, 0.5) is 10.5 Å². The number of non-ortho nitro benzene ring substituents is 1. The molecule has 0 bridgehead atoms. The van der Waals surface area contributed by atoms with Crippen LogP contribution < -0.4 is 5.32 Å². The van der Waals surface area contributed by atoms with Crippen molar-refractivity contribution in [1.29, 1.82) is 0 Å². The molecule has 10 nitrogen and oxygen atoms in total. The largest absolute Gasteiger partial charge is 0.480 e. The molecule has 0 aliphatic carbocycles. The van der Waals surface area contributed by atoms with Crippen LogP contribution in [0.5, 0.6) is 0 Å². The number of carbonyl (C=O) groups is 3. The molecule has 0 fully saturated rings. The number of rotatable bonds is 7. The van der Waals surface area contributed by atoms with Crippen LogP contribution in [0.3, 0.4) is 0 Å². The van der Waals surface area contributed by atoms with Crippen LogP contribution in [-0.4, -0.2) is 57.6 Å². The lowest BCUT2D eigenvalue weighted by molar-refractivity contribution is -0.384. The highest BCUT2D eigenvalue weighted by atomic mass is 16.6. The Balaban J connectivity index is 2.79. The van der Waals surface area contributed by atoms with E-state index < -0.39 is 40.6 Å². The minimum atomic E-state index is -1.26. The van der Waals surface area contributed by atoms with Crippen molar-refractivity contribution in [2.24, 2.45) is 0 Å². The summed E-state index contributed by atoms with van der Waals surface area (Å²) >= 11 is 0. The standard InChI is InChI=1S/C18H25N3O7/c1-11(20(5)17(25)28-18(2,3)4)15(22)19-14(16(23)24)10-12-6-8-13(9-7-12)21(26)27/h6-9,11,14H,10H2,1-5H3,(H,19,22)(H,23,24)/t11-,14-/m0/s1. The lowest BCUT2D eigenvalue weighted by Gasteiger charge is -2.28. The summed E-state index contributed by atoms with van der Waals surface area (Å²) in [4.78, 5) is 47.1. The summed E-state index contributed by atoms with van der Waals surface area (Å²) in [5, 5.41) is 22.4. The number of likely N-dealkylation sites (N-methyl/N-ethyl adjacent to an activating group) is 1. The van der Waals surface area contributed by atoms with Crippen molar-refractivity contribution in [2.45, 2.75) is 51.8 Å². The maximum atomic E-state index is 12.4. The van der Waals surface area contributed by atoms with E-state index in [1.807, 2.05) is 0 Å². The number of carboxylic acid groups (broad SMARTS) is 1. The zero-order chi connectivity index (χ0) is 21.6. The van der Waals surface area contributed by atoms with E-state index in [2.05, 4.69) is 5.32 Å². The van der Waals surface area contributed by atoms with Gasteiger partial charge in [-0.05, 0) is 33.3 Å². The molecule has 28 heavy (non-hydrogen) atoms. The molecule has 0 saturated heterocycles. The van der Waals surface area contributed by atoms with E-state index in [0.717, 1.165) is 4.90 Å². The van der Waals surface area contributed by atoms with Crippen LogP contribution in [-0.2, 0) is 20.7 Å². The predicted octanol–water partition coefficient (Wildman–Crippen LogP) is 1.96. The van der Waals surface area contributed by atoms with E-state index in [9.17, 15) is 29.6 Å². The van der Waals surface area contributed by atoms with Crippen LogP contribution in [0.2, 0.25) is 0 Å². The molecule has 1 aromatic rings. The van der Waals surface area contributed by atoms with E-state index in [1.165, 1.54) is 38.2 Å². The maximum Gasteiger partial charge on any atom is 0.410 e. The molecule has 10 heteroatoms. The molecule has 0 unspecified atom stereocenters. The summed E-state index contributed by atoms with van der Waals surface area (Å²) in [6.45, 7) is 6.51. The molecule has 154 valence electrons. The van der Waals surface area contributed by atoms with Gasteiger partial charge in [0.2, 0.25) is 5.91 Å². The van der Waals surface area contributed by atoms with Crippen LogP contribution >= 0.6 is 0 Å². The minimum Gasteiger partial charge on any atom is -0.480 e. The van der Waals surface area contributed by atoms with Crippen LogP contribution in [0.1, 0.15) is 33.3 Å². The van der Waals surface area contributed by atoms with E-state index in [-0.39, 0.29) is 12.1 Å². The van der Waals surface area contributed by atoms with Gasteiger partial charge >= 0.3 is 12.1 Å². The first-order valence-electron chi connectivity index (χ1n) is 8.54. The van der Waals surface area contributed by atoms with Gasteiger partial charge in [0.15, 0.2) is 0 Å². The van der Waals surface area contributed by atoms with Gasteiger partial charge in [0, 0.05) is 25.6 Å². The number of amides is 2. The fourth-order valence-electron chi connectivity index (χ4n) is 2.15. The molecule has 0 aliphatic heterocycles. The number of hydrogen-bond donors (Lipinski definition) is 2. The summed E-state index contributed by atoms with van der Waals surface area (Å²) in [5.74, 6) is -1.93. The van der Waals surface area contributed by atoms with Crippen LogP contribution in [0, 0.1) is 10.1 Å². The Morgan fingerprint density at radius 3 is 2.21 bits per heavy atom. The summed E-state index contributed by atoms with van der Waals surface area (Å²) in [6, 6.07) is 3.15. The van der Waals surface area contributed by atoms with Gasteiger partial charge in [0.1, 0.15) is 17.7 Å². The highest BCUT2D eigenvalue weighted by Crippen LogP contribution is 2.14. The van der Waals surface area contributed by atoms with Gasteiger partial charge < -0.3 is 15.2 Å². The van der Waals surface area contributed by atoms with E-state index in [1.54, 1.807) is 20.8 Å². The smallest absolute Gasteiger partial charge is 0.410 e. The van der Waals surface area contributed by atoms with E-state index >= 15 is 0 Å². The molecular formula is C18H25N3O7. The third-order valence-electron chi connectivity index (χ3n) is 3.84. The molecule has 0 spiro atoms. The number of hydrogen-bond acceptors (Lipinski definition) is 6. The number of nitro groups is 1. The van der Waals surface area contributed by atoms with Gasteiger partial charge in [-0.3, -0.25) is 19.8 Å². The Bertz CT molecular complexity index is 741. The number of carboxylic acids is 1. The Labute approximate surface area is 162 Å². The third-order valence-corrected chi connectivity index (χ3v) is 3.84. The zero-order valence-corrected chi connectivity index (χ0v) is 16.5. The second kappa shape index (κ2) is 9.16. The molecule has 2 N–H and O–H groups in total. The third kappa shape index (κ3) is 6.86. The molecule has 0 saturated carbocycles. The van der Waals surface area contributed by atoms with Gasteiger partial charge in [-0.1, -0.05) is 12.1 Å². The predicted molar refractivity (Wildman–Crippen MR) is 99.8 cm³/mol. The average molecular weight is 395 g/mol. The summed E-state index contributed by atoms with van der Waals surface area (Å²) < 4.78 is 5.19. The molecule has 0 aliphatic rings. The molecule has 2 atom stereocenters. The van der Waals surface area contributed by atoms with Gasteiger partial charge in [-0.15, -0.1) is 0 Å². The fourth-order valence-corrected chi connectivity index (χ4v) is 2.15. The van der Waals surface area contributed by atoms with E-state index in [4.69, 9.17) is 4.74 Å². The van der Waals surface area contributed by atoms with Crippen molar-refractivity contribution in [1.82, 2.24) is 10.2 Å². The van der Waals surface area contributed by atoms with Crippen LogP contribution in [0.15, 0.2) is 24.3 Å². The first-order chi connectivity index (χ1) is 12.8. The Hall–Kier alpha value is -3.17. The van der Waals surface area contributed by atoms with Gasteiger partial charge in [-0.2, -0.15) is 0 Å². The number of benzene rings is 1. The Kier molecular flexibility index (Phi) is 7.48. The summed E-state index contributed by atoms with van der Waals surface area (Å²) in [7, 11) is 1.38. The first kappa shape index (κ1) is 22.9. The van der Waals surface area contributed by atoms with Crippen molar-refractivity contribution >= 4 is 23.7 Å². The lowest BCUT2D eigenvalue weighted by Crippen LogP contribution is -2.52. The Morgan fingerprint density at radius 2 is 1.79 bits per heavy atom. The monoisotopic (exact) mass is 395 g/mol. The quantitative estimate of drug-likeness (QED) is 0.531.